The van der Waals surface area contributed by atoms with Gasteiger partial charge in [0.15, 0.2) is 0 Å². The van der Waals surface area contributed by atoms with Crippen molar-refractivity contribution in [3.8, 4) is 0 Å². The molecule has 0 unspecified atom stereocenters. The minimum absolute atomic E-state index is 0.00651. The van der Waals surface area contributed by atoms with Gasteiger partial charge in [-0.1, -0.05) is 176 Å². The molecule has 0 heteroatoms. The number of hydrogen-bond acceptors (Lipinski definition) is 0. The normalized spacial score (nSPS) is 15.2. The lowest BCUT2D eigenvalue weighted by atomic mass is 9.52. The van der Waals surface area contributed by atoms with Gasteiger partial charge in [-0.2, -0.15) is 0 Å². The topological polar surface area (TPSA) is 0 Å². The zero-order valence-corrected chi connectivity index (χ0v) is 33.3. The lowest BCUT2D eigenvalue weighted by Crippen LogP contribution is -2.45. The summed E-state index contributed by atoms with van der Waals surface area (Å²) < 4.78 is 0. The fraction of sp³-hybridized carbons (Fsp3) is 0.814. The van der Waals surface area contributed by atoms with Crippen molar-refractivity contribution in [1.29, 1.82) is 0 Å². The molecule has 0 bridgehead atoms. The first kappa shape index (κ1) is 40.0. The van der Waals surface area contributed by atoms with Crippen LogP contribution < -0.4 is 0 Å². The van der Waals surface area contributed by atoms with Gasteiger partial charge >= 0.3 is 0 Å². The highest BCUT2D eigenvalue weighted by Crippen LogP contribution is 2.57. The van der Waals surface area contributed by atoms with E-state index >= 15 is 0 Å². The molecule has 0 saturated heterocycles. The molecule has 0 heterocycles. The maximum absolute atomic E-state index is 4.09. The molecule has 1 rings (SSSR count). The average Bonchev–Trinajstić information content (AvgIpc) is 2.80. The number of unbranched alkanes of at least 4 members (excludes halogenated alkanes) is 1. The molecule has 43 heavy (non-hydrogen) atoms. The van der Waals surface area contributed by atoms with E-state index in [4.69, 9.17) is 0 Å². The molecule has 0 N–H and O–H groups in total. The Morgan fingerprint density at radius 3 is 1.16 bits per heavy atom. The van der Waals surface area contributed by atoms with Crippen LogP contribution in [0.4, 0.5) is 0 Å². The summed E-state index contributed by atoms with van der Waals surface area (Å²) in [5.41, 5.74) is 5.62. The first-order valence-electron chi connectivity index (χ1n) is 17.6. The third-order valence-electron chi connectivity index (χ3n) is 13.9. The van der Waals surface area contributed by atoms with E-state index in [2.05, 4.69) is 169 Å². The van der Waals surface area contributed by atoms with E-state index in [0.717, 1.165) is 12.8 Å². The van der Waals surface area contributed by atoms with Crippen LogP contribution in [0.2, 0.25) is 0 Å². The van der Waals surface area contributed by atoms with Gasteiger partial charge in [-0.25, -0.2) is 0 Å². The van der Waals surface area contributed by atoms with Crippen molar-refractivity contribution >= 4 is 0 Å². The van der Waals surface area contributed by atoms with Gasteiger partial charge in [0, 0.05) is 0 Å². The van der Waals surface area contributed by atoms with Gasteiger partial charge in [-0.15, -0.1) is 6.58 Å². The maximum Gasteiger partial charge on any atom is -0.00520 e. The standard InChI is InChI=1S/C43H78/c1-22-24-26-37(8,9)39(12,13)31-41(16,17)43(20,21)34-28-32(35(3,4)5)27-33(29-34)42(18,19)40(14,15)30-38(10,11)36(6,7)25-23-2/h23,27-29H,2,22,24-26,30-31H2,1,3-21H3. The summed E-state index contributed by atoms with van der Waals surface area (Å²) >= 11 is 0. The number of benzene rings is 1. The Bertz CT molecular complexity index is 1070. The molecule has 0 aliphatic heterocycles. The largest absolute Gasteiger partial charge is 0.103 e. The summed E-state index contributed by atoms with van der Waals surface area (Å²) in [5.74, 6) is 0. The average molecular weight is 595 g/mol. The van der Waals surface area contributed by atoms with Gasteiger partial charge in [-0.3, -0.25) is 0 Å². The van der Waals surface area contributed by atoms with Gasteiger partial charge < -0.3 is 0 Å². The van der Waals surface area contributed by atoms with Crippen LogP contribution in [0.5, 0.6) is 0 Å². The predicted molar refractivity (Wildman–Crippen MR) is 197 cm³/mol. The summed E-state index contributed by atoms with van der Waals surface area (Å²) in [6.45, 7) is 53.6. The van der Waals surface area contributed by atoms with Gasteiger partial charge in [0.25, 0.3) is 0 Å². The minimum Gasteiger partial charge on any atom is -0.103 e. The number of allylic oxidation sites excluding steroid dienone is 1. The smallest absolute Gasteiger partial charge is 0.00520 e. The van der Waals surface area contributed by atoms with Crippen LogP contribution in [-0.2, 0) is 16.2 Å². The van der Waals surface area contributed by atoms with Crippen molar-refractivity contribution in [3.05, 3.63) is 47.5 Å². The molecular weight excluding hydrogens is 516 g/mol. The Labute approximate surface area is 272 Å². The molecule has 0 radical (unpaired) electrons. The Balaban J connectivity index is 3.78. The van der Waals surface area contributed by atoms with Crippen molar-refractivity contribution in [1.82, 2.24) is 0 Å². The summed E-state index contributed by atoms with van der Waals surface area (Å²) in [6.07, 6.45) is 9.36. The van der Waals surface area contributed by atoms with E-state index < -0.39 is 0 Å². The highest BCUT2D eigenvalue weighted by molar-refractivity contribution is 5.42. The van der Waals surface area contributed by atoms with E-state index in [1.807, 2.05) is 0 Å². The summed E-state index contributed by atoms with van der Waals surface area (Å²) in [5, 5.41) is 0. The Morgan fingerprint density at radius 1 is 0.488 bits per heavy atom. The highest BCUT2D eigenvalue weighted by Gasteiger charge is 2.49. The van der Waals surface area contributed by atoms with Crippen molar-refractivity contribution in [2.24, 2.45) is 32.5 Å². The van der Waals surface area contributed by atoms with Gasteiger partial charge in [0.1, 0.15) is 0 Å². The predicted octanol–water partition coefficient (Wildman–Crippen LogP) is 14.2. The molecule has 0 atom stereocenters. The first-order valence-corrected chi connectivity index (χ1v) is 17.6. The summed E-state index contributed by atoms with van der Waals surface area (Å²) in [6, 6.07) is 7.71. The van der Waals surface area contributed by atoms with E-state index in [1.165, 1.54) is 42.4 Å². The van der Waals surface area contributed by atoms with E-state index in [0.29, 0.717) is 5.41 Å². The molecule has 0 aliphatic rings. The fourth-order valence-electron chi connectivity index (χ4n) is 7.29. The zero-order chi connectivity index (χ0) is 34.3. The molecule has 0 spiro atoms. The Kier molecular flexibility index (Phi) is 11.7. The van der Waals surface area contributed by atoms with Crippen LogP contribution in [0, 0.1) is 32.5 Å². The number of rotatable bonds is 15. The van der Waals surface area contributed by atoms with Crippen LogP contribution >= 0.6 is 0 Å². The summed E-state index contributed by atoms with van der Waals surface area (Å²) in [7, 11) is 0. The van der Waals surface area contributed by atoms with Crippen LogP contribution in [-0.4, -0.2) is 0 Å². The Morgan fingerprint density at radius 2 is 0.837 bits per heavy atom. The van der Waals surface area contributed by atoms with Crippen molar-refractivity contribution in [2.75, 3.05) is 0 Å². The number of hydrogen-bond donors (Lipinski definition) is 0. The van der Waals surface area contributed by atoms with Crippen LogP contribution in [0.15, 0.2) is 30.9 Å². The maximum atomic E-state index is 4.09. The van der Waals surface area contributed by atoms with Gasteiger partial charge in [0.05, 0.1) is 0 Å². The quantitative estimate of drug-likeness (QED) is 0.177. The van der Waals surface area contributed by atoms with E-state index in [1.54, 1.807) is 0 Å². The molecule has 1 aromatic carbocycles. The molecule has 0 saturated carbocycles. The molecule has 0 aromatic heterocycles. The molecule has 0 amide bonds. The van der Waals surface area contributed by atoms with E-state index in [-0.39, 0.29) is 43.3 Å². The van der Waals surface area contributed by atoms with Gasteiger partial charge in [0.2, 0.25) is 0 Å². The van der Waals surface area contributed by atoms with Gasteiger partial charge in [-0.05, 0) is 91.1 Å². The van der Waals surface area contributed by atoms with Crippen LogP contribution in [0.25, 0.3) is 0 Å². The molecule has 0 aliphatic carbocycles. The SMILES string of the molecule is C=CCC(C)(C)C(C)(C)CC(C)(C)C(C)(C)c1cc(C(C)(C)C)cc(C(C)(C)C(C)(C)CC(C)(C)C(C)(C)CCCC)c1. The second-order valence-electron chi connectivity index (χ2n) is 20.6. The molecule has 0 fully saturated rings. The minimum atomic E-state index is -0.00776. The van der Waals surface area contributed by atoms with Crippen molar-refractivity contribution < 1.29 is 0 Å². The van der Waals surface area contributed by atoms with Crippen LogP contribution in [0.3, 0.4) is 0 Å². The fourth-order valence-corrected chi connectivity index (χ4v) is 7.29. The third-order valence-corrected chi connectivity index (χ3v) is 13.9. The Hall–Kier alpha value is -1.04. The first-order chi connectivity index (χ1) is 18.9. The second kappa shape index (κ2) is 12.6. The van der Waals surface area contributed by atoms with Crippen molar-refractivity contribution in [2.45, 2.75) is 193 Å². The lowest BCUT2D eigenvalue weighted by Gasteiger charge is -2.53. The summed E-state index contributed by atoms with van der Waals surface area (Å²) in [4.78, 5) is 0. The lowest BCUT2D eigenvalue weighted by molar-refractivity contribution is 0.0157. The molecule has 0 nitrogen and oxygen atoms in total. The third kappa shape index (κ3) is 8.41. The molecular formula is C43H78. The molecule has 250 valence electrons. The van der Waals surface area contributed by atoms with E-state index in [9.17, 15) is 0 Å². The van der Waals surface area contributed by atoms with Crippen molar-refractivity contribution in [3.63, 3.8) is 0 Å². The monoisotopic (exact) mass is 595 g/mol. The highest BCUT2D eigenvalue weighted by atomic mass is 14.5. The second-order valence-corrected chi connectivity index (χ2v) is 20.6. The van der Waals surface area contributed by atoms with Crippen LogP contribution in [0.1, 0.15) is 194 Å². The zero-order valence-electron chi connectivity index (χ0n) is 33.3. The molecule has 1 aromatic rings.